The van der Waals surface area contributed by atoms with E-state index in [9.17, 15) is 4.79 Å². The van der Waals surface area contributed by atoms with Crippen molar-refractivity contribution in [2.75, 3.05) is 7.11 Å². The first kappa shape index (κ1) is 12.3. The molecule has 0 heterocycles. The topological polar surface area (TPSA) is 38.3 Å². The summed E-state index contributed by atoms with van der Waals surface area (Å²) < 4.78 is 5.26. The average molecular weight is 219 g/mol. The number of rotatable bonds is 4. The third-order valence-electron chi connectivity index (χ3n) is 2.40. The van der Waals surface area contributed by atoms with E-state index in [1.807, 2.05) is 32.0 Å². The smallest absolute Gasteiger partial charge is 0.243 e. The summed E-state index contributed by atoms with van der Waals surface area (Å²) in [5.41, 5.74) is 2.10. The Balaban J connectivity index is 2.96. The molecule has 0 fully saturated rings. The molecule has 0 aliphatic rings. The van der Waals surface area contributed by atoms with Crippen LogP contribution >= 0.6 is 0 Å². The van der Waals surface area contributed by atoms with Gasteiger partial charge in [-0.15, -0.1) is 0 Å². The van der Waals surface area contributed by atoms with Crippen LogP contribution in [0.25, 0.3) is 0 Å². The molecule has 0 saturated carbocycles. The quantitative estimate of drug-likeness (QED) is 0.789. The fraction of sp³-hybridized carbons (Fsp3) is 0.308. The van der Waals surface area contributed by atoms with Gasteiger partial charge in [-0.05, 0) is 26.0 Å². The van der Waals surface area contributed by atoms with Crippen molar-refractivity contribution in [3.8, 4) is 5.75 Å². The molecular formula is C13H17NO2. The maximum Gasteiger partial charge on any atom is 0.243 e. The summed E-state index contributed by atoms with van der Waals surface area (Å²) in [4.78, 5) is 11.2. The molecule has 1 amide bonds. The molecule has 0 spiro atoms. The van der Waals surface area contributed by atoms with Crippen molar-refractivity contribution in [2.24, 2.45) is 0 Å². The van der Waals surface area contributed by atoms with Crippen molar-refractivity contribution in [2.45, 2.75) is 19.9 Å². The fourth-order valence-corrected chi connectivity index (χ4v) is 1.54. The van der Waals surface area contributed by atoms with Gasteiger partial charge >= 0.3 is 0 Å². The summed E-state index contributed by atoms with van der Waals surface area (Å²) in [5, 5.41) is 2.81. The minimum Gasteiger partial charge on any atom is -0.496 e. The van der Waals surface area contributed by atoms with E-state index >= 15 is 0 Å². The number of aryl methyl sites for hydroxylation is 1. The van der Waals surface area contributed by atoms with Gasteiger partial charge in [0.2, 0.25) is 5.91 Å². The van der Waals surface area contributed by atoms with Crippen LogP contribution in [-0.2, 0) is 4.79 Å². The van der Waals surface area contributed by atoms with Crippen molar-refractivity contribution < 1.29 is 9.53 Å². The predicted molar refractivity (Wildman–Crippen MR) is 64.5 cm³/mol. The maximum atomic E-state index is 11.2. The molecule has 3 heteroatoms. The van der Waals surface area contributed by atoms with E-state index in [4.69, 9.17) is 4.74 Å². The molecule has 1 aromatic rings. The summed E-state index contributed by atoms with van der Waals surface area (Å²) in [6.45, 7) is 7.34. The van der Waals surface area contributed by atoms with Crippen molar-refractivity contribution in [3.05, 3.63) is 42.0 Å². The van der Waals surface area contributed by atoms with Gasteiger partial charge in [0.1, 0.15) is 5.75 Å². The summed E-state index contributed by atoms with van der Waals surface area (Å²) in [6.07, 6.45) is 1.26. The Bertz CT molecular complexity index is 399. The summed E-state index contributed by atoms with van der Waals surface area (Å²) >= 11 is 0. The lowest BCUT2D eigenvalue weighted by Gasteiger charge is -2.17. The van der Waals surface area contributed by atoms with Crippen LogP contribution in [0.3, 0.4) is 0 Å². The second-order valence-electron chi connectivity index (χ2n) is 3.68. The predicted octanol–water partition coefficient (Wildman–Crippen LogP) is 2.37. The van der Waals surface area contributed by atoms with Gasteiger partial charge < -0.3 is 10.1 Å². The Kier molecular flexibility index (Phi) is 4.11. The number of hydrogen-bond acceptors (Lipinski definition) is 2. The zero-order valence-electron chi connectivity index (χ0n) is 9.91. The molecule has 86 valence electrons. The SMILES string of the molecule is C=CC(=O)N[C@@H](C)c1cc(C)ccc1OC. The molecule has 0 aliphatic carbocycles. The molecular weight excluding hydrogens is 202 g/mol. The largest absolute Gasteiger partial charge is 0.496 e. The van der Waals surface area contributed by atoms with Crippen LogP contribution in [0.5, 0.6) is 5.75 Å². The van der Waals surface area contributed by atoms with Gasteiger partial charge in [0.25, 0.3) is 0 Å². The van der Waals surface area contributed by atoms with Gasteiger partial charge in [-0.25, -0.2) is 0 Å². The van der Waals surface area contributed by atoms with Crippen LogP contribution in [0.4, 0.5) is 0 Å². The van der Waals surface area contributed by atoms with Crippen molar-refractivity contribution in [1.82, 2.24) is 5.32 Å². The third-order valence-corrected chi connectivity index (χ3v) is 2.40. The highest BCUT2D eigenvalue weighted by atomic mass is 16.5. The fourth-order valence-electron chi connectivity index (χ4n) is 1.54. The van der Waals surface area contributed by atoms with Crippen molar-refractivity contribution >= 4 is 5.91 Å². The molecule has 3 nitrogen and oxygen atoms in total. The Morgan fingerprint density at radius 2 is 2.25 bits per heavy atom. The van der Waals surface area contributed by atoms with E-state index in [-0.39, 0.29) is 11.9 Å². The number of carbonyl (C=O) groups is 1. The van der Waals surface area contributed by atoms with Crippen LogP contribution in [0.1, 0.15) is 24.1 Å². The Labute approximate surface area is 96.1 Å². The molecule has 0 bridgehead atoms. The average Bonchev–Trinajstić information content (AvgIpc) is 2.28. The van der Waals surface area contributed by atoms with E-state index in [1.165, 1.54) is 6.08 Å². The molecule has 1 atom stereocenters. The number of methoxy groups -OCH3 is 1. The normalized spacial score (nSPS) is 11.7. The van der Waals surface area contributed by atoms with E-state index < -0.39 is 0 Å². The first-order valence-electron chi connectivity index (χ1n) is 5.16. The molecule has 16 heavy (non-hydrogen) atoms. The summed E-state index contributed by atoms with van der Waals surface area (Å²) in [5.74, 6) is 0.596. The Morgan fingerprint density at radius 1 is 1.56 bits per heavy atom. The molecule has 0 aromatic heterocycles. The molecule has 1 N–H and O–H groups in total. The zero-order chi connectivity index (χ0) is 12.1. The van der Waals surface area contributed by atoms with Gasteiger partial charge in [0.15, 0.2) is 0 Å². The number of ether oxygens (including phenoxy) is 1. The van der Waals surface area contributed by atoms with Crippen LogP contribution in [0.15, 0.2) is 30.9 Å². The number of carbonyl (C=O) groups excluding carboxylic acids is 1. The molecule has 0 saturated heterocycles. The van der Waals surface area contributed by atoms with E-state index in [2.05, 4.69) is 11.9 Å². The highest BCUT2D eigenvalue weighted by Crippen LogP contribution is 2.25. The van der Waals surface area contributed by atoms with Crippen LogP contribution in [-0.4, -0.2) is 13.0 Å². The second kappa shape index (κ2) is 5.35. The number of hydrogen-bond donors (Lipinski definition) is 1. The Morgan fingerprint density at radius 3 is 2.81 bits per heavy atom. The minimum atomic E-state index is -0.184. The van der Waals surface area contributed by atoms with Crippen LogP contribution in [0, 0.1) is 6.92 Å². The van der Waals surface area contributed by atoms with Gasteiger partial charge in [-0.3, -0.25) is 4.79 Å². The van der Waals surface area contributed by atoms with Crippen LogP contribution < -0.4 is 10.1 Å². The molecule has 0 unspecified atom stereocenters. The number of nitrogens with one attached hydrogen (secondary N) is 1. The maximum absolute atomic E-state index is 11.2. The van der Waals surface area contributed by atoms with Gasteiger partial charge in [0, 0.05) is 5.56 Å². The summed E-state index contributed by atoms with van der Waals surface area (Å²) in [7, 11) is 1.62. The van der Waals surface area contributed by atoms with Gasteiger partial charge in [-0.2, -0.15) is 0 Å². The van der Waals surface area contributed by atoms with Crippen molar-refractivity contribution in [3.63, 3.8) is 0 Å². The van der Waals surface area contributed by atoms with E-state index in [0.29, 0.717) is 0 Å². The molecule has 0 aliphatic heterocycles. The van der Waals surface area contributed by atoms with Gasteiger partial charge in [0.05, 0.1) is 13.2 Å². The Hall–Kier alpha value is -1.77. The second-order valence-corrected chi connectivity index (χ2v) is 3.68. The lowest BCUT2D eigenvalue weighted by Crippen LogP contribution is -2.24. The highest BCUT2D eigenvalue weighted by molar-refractivity contribution is 5.87. The van der Waals surface area contributed by atoms with Crippen molar-refractivity contribution in [1.29, 1.82) is 0 Å². The first-order valence-corrected chi connectivity index (χ1v) is 5.16. The monoisotopic (exact) mass is 219 g/mol. The molecule has 0 radical (unpaired) electrons. The van der Waals surface area contributed by atoms with Gasteiger partial charge in [-0.1, -0.05) is 24.3 Å². The lowest BCUT2D eigenvalue weighted by molar-refractivity contribution is -0.117. The summed E-state index contributed by atoms with van der Waals surface area (Å²) in [6, 6.07) is 5.79. The van der Waals surface area contributed by atoms with E-state index in [1.54, 1.807) is 7.11 Å². The van der Waals surface area contributed by atoms with Crippen LogP contribution in [0.2, 0.25) is 0 Å². The first-order chi connectivity index (χ1) is 7.58. The lowest BCUT2D eigenvalue weighted by atomic mass is 10.0. The number of amides is 1. The third kappa shape index (κ3) is 2.86. The highest BCUT2D eigenvalue weighted by Gasteiger charge is 2.12. The zero-order valence-corrected chi connectivity index (χ0v) is 9.91. The van der Waals surface area contributed by atoms with E-state index in [0.717, 1.165) is 16.9 Å². The number of benzene rings is 1. The minimum absolute atomic E-state index is 0.0969. The molecule has 1 rings (SSSR count). The molecule has 1 aromatic carbocycles. The standard InChI is InChI=1S/C13H17NO2/c1-5-13(15)14-10(3)11-8-9(2)6-7-12(11)16-4/h5-8,10H,1H2,2-4H3,(H,14,15)/t10-/m0/s1.